The van der Waals surface area contributed by atoms with Gasteiger partial charge >= 0.3 is 11.9 Å². The van der Waals surface area contributed by atoms with E-state index in [9.17, 15) is 9.59 Å². The van der Waals surface area contributed by atoms with Gasteiger partial charge in [-0.3, -0.25) is 4.99 Å². The van der Waals surface area contributed by atoms with Gasteiger partial charge in [0.15, 0.2) is 0 Å². The molecule has 0 aromatic carbocycles. The highest BCUT2D eigenvalue weighted by molar-refractivity contribution is 6.07. The minimum atomic E-state index is -1.44. The van der Waals surface area contributed by atoms with E-state index in [2.05, 4.69) is 4.99 Å². The van der Waals surface area contributed by atoms with Crippen LogP contribution in [0.5, 0.6) is 0 Å². The normalized spacial score (nSPS) is 17.5. The summed E-state index contributed by atoms with van der Waals surface area (Å²) in [5, 5.41) is 0. The predicted octanol–water partition coefficient (Wildman–Crippen LogP) is 0.716. The van der Waals surface area contributed by atoms with Crippen LogP contribution in [0.1, 0.15) is 26.7 Å². The number of nitrogens with zero attached hydrogens (tertiary/aromatic N) is 1. The fraction of sp³-hybridized carbons (Fsp3) is 0.700. The second-order valence-corrected chi connectivity index (χ2v) is 3.15. The Balaban J connectivity index is 2.83. The van der Waals surface area contributed by atoms with Crippen molar-refractivity contribution in [2.45, 2.75) is 32.2 Å². The summed E-state index contributed by atoms with van der Waals surface area (Å²) in [6.45, 7) is 3.84. The summed E-state index contributed by atoms with van der Waals surface area (Å²) in [5.41, 5.74) is -1.44. The van der Waals surface area contributed by atoms with Gasteiger partial charge in [0.2, 0.25) is 0 Å². The number of hydrogen-bond donors (Lipinski definition) is 0. The average Bonchev–Trinajstić information content (AvgIpc) is 2.68. The van der Waals surface area contributed by atoms with Crippen LogP contribution in [0.3, 0.4) is 0 Å². The zero-order valence-electron chi connectivity index (χ0n) is 8.99. The molecule has 0 spiro atoms. The second kappa shape index (κ2) is 4.91. The number of aliphatic imine (C=N–C) groups is 1. The first-order chi connectivity index (χ1) is 7.17. The van der Waals surface area contributed by atoms with Gasteiger partial charge in [0.25, 0.3) is 5.54 Å². The highest BCUT2D eigenvalue weighted by atomic mass is 16.6. The monoisotopic (exact) mass is 213 g/mol. The molecule has 0 saturated heterocycles. The van der Waals surface area contributed by atoms with Gasteiger partial charge in [-0.15, -0.1) is 0 Å². The molecule has 1 aliphatic heterocycles. The Morgan fingerprint density at radius 1 is 1.27 bits per heavy atom. The van der Waals surface area contributed by atoms with Crippen molar-refractivity contribution in [2.24, 2.45) is 4.99 Å². The molecule has 1 heterocycles. The van der Waals surface area contributed by atoms with Crippen LogP contribution in [-0.4, -0.2) is 36.9 Å². The van der Waals surface area contributed by atoms with Crippen molar-refractivity contribution in [3.8, 4) is 0 Å². The van der Waals surface area contributed by atoms with Gasteiger partial charge in [0.05, 0.1) is 13.2 Å². The van der Waals surface area contributed by atoms with Crippen molar-refractivity contribution < 1.29 is 19.1 Å². The highest BCUT2D eigenvalue weighted by Gasteiger charge is 2.50. The van der Waals surface area contributed by atoms with E-state index in [4.69, 9.17) is 9.47 Å². The third-order valence-electron chi connectivity index (χ3n) is 2.17. The molecule has 0 radical (unpaired) electrons. The van der Waals surface area contributed by atoms with Crippen molar-refractivity contribution in [1.82, 2.24) is 0 Å². The number of esters is 2. The molecule has 5 nitrogen and oxygen atoms in total. The molecule has 1 aliphatic rings. The molecule has 0 aromatic heterocycles. The van der Waals surface area contributed by atoms with E-state index in [1.54, 1.807) is 20.1 Å². The van der Waals surface area contributed by atoms with Crippen molar-refractivity contribution in [3.05, 3.63) is 0 Å². The number of carbonyl (C=O) groups excluding carboxylic acids is 2. The number of hydrogen-bond acceptors (Lipinski definition) is 5. The quantitative estimate of drug-likeness (QED) is 0.509. The third-order valence-corrected chi connectivity index (χ3v) is 2.17. The predicted molar refractivity (Wildman–Crippen MR) is 53.7 cm³/mol. The Kier molecular flexibility index (Phi) is 3.82. The number of rotatable bonds is 4. The van der Waals surface area contributed by atoms with Gasteiger partial charge in [-0.05, 0) is 26.7 Å². The van der Waals surface area contributed by atoms with Crippen molar-refractivity contribution >= 4 is 18.2 Å². The molecule has 0 amide bonds. The Morgan fingerprint density at radius 3 is 2.13 bits per heavy atom. The molecule has 15 heavy (non-hydrogen) atoms. The fourth-order valence-corrected chi connectivity index (χ4v) is 1.45. The van der Waals surface area contributed by atoms with Crippen molar-refractivity contribution in [2.75, 3.05) is 13.2 Å². The molecule has 0 N–H and O–H groups in total. The van der Waals surface area contributed by atoms with Gasteiger partial charge < -0.3 is 9.47 Å². The summed E-state index contributed by atoms with van der Waals surface area (Å²) in [6, 6.07) is 0. The van der Waals surface area contributed by atoms with Gasteiger partial charge in [0.1, 0.15) is 0 Å². The lowest BCUT2D eigenvalue weighted by Gasteiger charge is -2.21. The van der Waals surface area contributed by atoms with Crippen LogP contribution in [-0.2, 0) is 19.1 Å². The van der Waals surface area contributed by atoms with Crippen LogP contribution in [0.25, 0.3) is 0 Å². The van der Waals surface area contributed by atoms with Crippen LogP contribution in [0, 0.1) is 0 Å². The first-order valence-electron chi connectivity index (χ1n) is 5.05. The van der Waals surface area contributed by atoms with Gasteiger partial charge in [-0.25, -0.2) is 9.59 Å². The summed E-state index contributed by atoms with van der Waals surface area (Å²) < 4.78 is 9.69. The lowest BCUT2D eigenvalue weighted by Crippen LogP contribution is -2.45. The summed E-state index contributed by atoms with van der Waals surface area (Å²) >= 11 is 0. The molecule has 0 atom stereocenters. The van der Waals surface area contributed by atoms with E-state index in [0.717, 1.165) is 0 Å². The molecular weight excluding hydrogens is 198 g/mol. The Labute approximate surface area is 88.5 Å². The number of carbonyl (C=O) groups is 2. The Morgan fingerprint density at radius 2 is 1.80 bits per heavy atom. The average molecular weight is 213 g/mol. The van der Waals surface area contributed by atoms with Gasteiger partial charge in [0, 0.05) is 6.21 Å². The van der Waals surface area contributed by atoms with Crippen LogP contribution < -0.4 is 0 Å². The minimum Gasteiger partial charge on any atom is -0.464 e. The molecule has 0 aromatic rings. The standard InChI is InChI=1S/C10H15NO4/c1-3-14-8(12)10(6-5-7-11-10)9(13)15-4-2/h7H,3-6H2,1-2H3. The number of ether oxygens (including phenoxy) is 2. The van der Waals surface area contributed by atoms with E-state index in [0.29, 0.717) is 12.8 Å². The lowest BCUT2D eigenvalue weighted by molar-refractivity contribution is -0.163. The Bertz CT molecular complexity index is 267. The van der Waals surface area contributed by atoms with Crippen molar-refractivity contribution in [1.29, 1.82) is 0 Å². The molecule has 0 saturated carbocycles. The molecule has 0 aliphatic carbocycles. The smallest absolute Gasteiger partial charge is 0.345 e. The zero-order chi connectivity index (χ0) is 11.3. The topological polar surface area (TPSA) is 65.0 Å². The highest BCUT2D eigenvalue weighted by Crippen LogP contribution is 2.26. The van der Waals surface area contributed by atoms with Crippen LogP contribution in [0.2, 0.25) is 0 Å². The molecule has 0 bridgehead atoms. The molecule has 0 unspecified atom stereocenters. The fourth-order valence-electron chi connectivity index (χ4n) is 1.45. The maximum absolute atomic E-state index is 11.6. The van der Waals surface area contributed by atoms with E-state index in [1.807, 2.05) is 0 Å². The van der Waals surface area contributed by atoms with Gasteiger partial charge in [-0.2, -0.15) is 0 Å². The Hall–Kier alpha value is -1.39. The van der Waals surface area contributed by atoms with E-state index in [-0.39, 0.29) is 13.2 Å². The molecule has 0 fully saturated rings. The molecule has 5 heteroatoms. The first kappa shape index (κ1) is 11.7. The molecule has 84 valence electrons. The van der Waals surface area contributed by atoms with E-state index < -0.39 is 17.5 Å². The maximum Gasteiger partial charge on any atom is 0.345 e. The largest absolute Gasteiger partial charge is 0.464 e. The SMILES string of the molecule is CCOC(=O)C1(C(=O)OCC)CCC=N1. The van der Waals surface area contributed by atoms with E-state index >= 15 is 0 Å². The first-order valence-corrected chi connectivity index (χ1v) is 5.05. The van der Waals surface area contributed by atoms with Crippen molar-refractivity contribution in [3.63, 3.8) is 0 Å². The summed E-state index contributed by atoms with van der Waals surface area (Å²) in [7, 11) is 0. The van der Waals surface area contributed by atoms with Crippen LogP contribution >= 0.6 is 0 Å². The second-order valence-electron chi connectivity index (χ2n) is 3.15. The molecular formula is C10H15NO4. The minimum absolute atomic E-state index is 0.232. The van der Waals surface area contributed by atoms with Crippen LogP contribution in [0.4, 0.5) is 0 Å². The van der Waals surface area contributed by atoms with Gasteiger partial charge in [-0.1, -0.05) is 0 Å². The summed E-state index contributed by atoms with van der Waals surface area (Å²) in [4.78, 5) is 27.2. The third kappa shape index (κ3) is 2.16. The van der Waals surface area contributed by atoms with Crippen LogP contribution in [0.15, 0.2) is 4.99 Å². The maximum atomic E-state index is 11.6. The van der Waals surface area contributed by atoms with E-state index in [1.165, 1.54) is 0 Å². The molecule has 1 rings (SSSR count). The summed E-state index contributed by atoms with van der Waals surface area (Å²) in [6.07, 6.45) is 2.50. The lowest BCUT2D eigenvalue weighted by atomic mass is 9.97. The summed E-state index contributed by atoms with van der Waals surface area (Å²) in [5.74, 6) is -1.23. The zero-order valence-corrected chi connectivity index (χ0v) is 8.99.